The number of para-hydroxylation sites is 1. The molecule has 0 unspecified atom stereocenters. The largest absolute Gasteiger partial charge is 0.416 e. The van der Waals surface area contributed by atoms with Crippen molar-refractivity contribution in [3.05, 3.63) is 70.9 Å². The maximum atomic E-state index is 12.8. The molecule has 1 aromatic heterocycles. The number of nitrogens with zero attached hydrogens (tertiary/aromatic N) is 3. The summed E-state index contributed by atoms with van der Waals surface area (Å²) in [4.78, 5) is 8.22. The van der Waals surface area contributed by atoms with Gasteiger partial charge in [0.1, 0.15) is 5.02 Å². The van der Waals surface area contributed by atoms with Crippen molar-refractivity contribution in [2.24, 2.45) is 5.10 Å². The predicted octanol–water partition coefficient (Wildman–Crippen LogP) is 5.52. The summed E-state index contributed by atoms with van der Waals surface area (Å²) in [5.74, 6) is 0.115. The van der Waals surface area contributed by atoms with Gasteiger partial charge in [0.15, 0.2) is 15.7 Å². The Bertz CT molecular complexity index is 1280. The van der Waals surface area contributed by atoms with E-state index in [1.54, 1.807) is 32.0 Å². The highest BCUT2D eigenvalue weighted by atomic mass is 35.5. The van der Waals surface area contributed by atoms with Gasteiger partial charge in [-0.15, -0.1) is 0 Å². The summed E-state index contributed by atoms with van der Waals surface area (Å²) in [5, 5.41) is 6.24. The zero-order valence-corrected chi connectivity index (χ0v) is 19.0. The van der Waals surface area contributed by atoms with Crippen LogP contribution in [0.15, 0.2) is 64.7 Å². The molecule has 33 heavy (non-hydrogen) atoms. The first-order valence-electron chi connectivity index (χ1n) is 9.57. The van der Waals surface area contributed by atoms with Gasteiger partial charge in [-0.2, -0.15) is 23.3 Å². The number of alkyl halides is 3. The summed E-state index contributed by atoms with van der Waals surface area (Å²) in [6.45, 7) is 3.16. The molecule has 174 valence electrons. The second-order valence-electron chi connectivity index (χ2n) is 7.10. The van der Waals surface area contributed by atoms with Crippen molar-refractivity contribution in [2.75, 3.05) is 10.7 Å². The van der Waals surface area contributed by atoms with Crippen molar-refractivity contribution in [1.29, 1.82) is 0 Å². The molecular weight excluding hydrogens is 479 g/mol. The van der Waals surface area contributed by atoms with Crippen molar-refractivity contribution in [3.8, 4) is 0 Å². The molecule has 3 aromatic rings. The minimum absolute atomic E-state index is 0.00526. The lowest BCUT2D eigenvalue weighted by Crippen LogP contribution is -2.15. The van der Waals surface area contributed by atoms with Gasteiger partial charge in [-0.25, -0.2) is 18.8 Å². The van der Waals surface area contributed by atoms with E-state index in [1.165, 1.54) is 30.6 Å². The molecule has 0 saturated heterocycles. The highest BCUT2D eigenvalue weighted by Gasteiger charge is 2.30. The summed E-state index contributed by atoms with van der Waals surface area (Å²) in [6, 6.07) is 11.0. The van der Waals surface area contributed by atoms with E-state index in [1.807, 2.05) is 0 Å². The van der Waals surface area contributed by atoms with Crippen molar-refractivity contribution in [2.45, 2.75) is 30.2 Å². The number of hydrogen-bond acceptors (Lipinski definition) is 7. The first-order valence-corrected chi connectivity index (χ1v) is 11.5. The summed E-state index contributed by atoms with van der Waals surface area (Å²) >= 11 is 6.16. The molecule has 12 heteroatoms. The molecule has 0 fully saturated rings. The highest BCUT2D eigenvalue weighted by Crippen LogP contribution is 2.31. The average Bonchev–Trinajstić information content (AvgIpc) is 2.76. The standard InChI is InChI=1S/C21H19ClF3N5O2S/c1-13(2)33(31,32)18-9-4-3-8-17(18)28-19-16(22)12-26-20(29-19)30-27-11-14-6-5-7-15(10-14)21(23,24)25/h3-13H,1-2H3,(H2,26,28,29,30)/b27-11+. The van der Waals surface area contributed by atoms with Gasteiger partial charge in [0.05, 0.1) is 33.8 Å². The summed E-state index contributed by atoms with van der Waals surface area (Å²) in [7, 11) is -3.58. The zero-order valence-electron chi connectivity index (χ0n) is 17.4. The number of hydrogen-bond donors (Lipinski definition) is 2. The number of anilines is 3. The van der Waals surface area contributed by atoms with E-state index in [9.17, 15) is 21.6 Å². The SMILES string of the molecule is CC(C)S(=O)(=O)c1ccccc1Nc1nc(N/N=C/c2cccc(C(F)(F)F)c2)ncc1Cl. The lowest BCUT2D eigenvalue weighted by atomic mass is 10.1. The molecule has 2 aromatic carbocycles. The van der Waals surface area contributed by atoms with Crippen LogP contribution in [-0.4, -0.2) is 29.9 Å². The quantitative estimate of drug-likeness (QED) is 0.329. The Morgan fingerprint density at radius 2 is 1.85 bits per heavy atom. The van der Waals surface area contributed by atoms with E-state index in [2.05, 4.69) is 25.8 Å². The van der Waals surface area contributed by atoms with E-state index in [-0.39, 0.29) is 32.9 Å². The Balaban J connectivity index is 1.81. The molecule has 0 aliphatic rings. The number of hydrazone groups is 1. The lowest BCUT2D eigenvalue weighted by molar-refractivity contribution is -0.137. The van der Waals surface area contributed by atoms with E-state index >= 15 is 0 Å². The fourth-order valence-corrected chi connectivity index (χ4v) is 4.01. The first-order chi connectivity index (χ1) is 15.5. The smallest absolute Gasteiger partial charge is 0.338 e. The van der Waals surface area contributed by atoms with E-state index in [0.717, 1.165) is 12.1 Å². The van der Waals surface area contributed by atoms with Crippen LogP contribution >= 0.6 is 11.6 Å². The number of benzene rings is 2. The molecule has 0 radical (unpaired) electrons. The van der Waals surface area contributed by atoms with Gasteiger partial charge in [-0.3, -0.25) is 0 Å². The molecule has 0 saturated carbocycles. The van der Waals surface area contributed by atoms with Gasteiger partial charge in [0.2, 0.25) is 5.95 Å². The molecule has 0 atom stereocenters. The first kappa shape index (κ1) is 24.5. The van der Waals surface area contributed by atoms with Crippen molar-refractivity contribution < 1.29 is 21.6 Å². The third kappa shape index (κ3) is 5.99. The Hall–Kier alpha value is -3.18. The molecule has 7 nitrogen and oxygen atoms in total. The van der Waals surface area contributed by atoms with Gasteiger partial charge in [0.25, 0.3) is 0 Å². The van der Waals surface area contributed by atoms with Crippen LogP contribution in [0, 0.1) is 0 Å². The summed E-state index contributed by atoms with van der Waals surface area (Å²) in [6.07, 6.45) is -2.00. The number of aromatic nitrogens is 2. The Kier molecular flexibility index (Phi) is 7.23. The molecule has 0 bridgehead atoms. The number of sulfone groups is 1. The normalized spacial score (nSPS) is 12.3. The third-order valence-electron chi connectivity index (χ3n) is 4.40. The van der Waals surface area contributed by atoms with Gasteiger partial charge in [-0.05, 0) is 43.7 Å². The molecular formula is C21H19ClF3N5O2S. The van der Waals surface area contributed by atoms with Crippen LogP contribution < -0.4 is 10.7 Å². The van der Waals surface area contributed by atoms with Crippen LogP contribution in [0.25, 0.3) is 0 Å². The van der Waals surface area contributed by atoms with Gasteiger partial charge in [-0.1, -0.05) is 35.9 Å². The van der Waals surface area contributed by atoms with Crippen LogP contribution in [0.2, 0.25) is 5.02 Å². The number of rotatable bonds is 7. The second-order valence-corrected chi connectivity index (χ2v) is 9.98. The van der Waals surface area contributed by atoms with Crippen LogP contribution in [0.5, 0.6) is 0 Å². The lowest BCUT2D eigenvalue weighted by Gasteiger charge is -2.15. The Morgan fingerprint density at radius 1 is 1.12 bits per heavy atom. The Labute approximate surface area is 193 Å². The average molecular weight is 498 g/mol. The molecule has 0 aliphatic heterocycles. The number of nitrogens with one attached hydrogen (secondary N) is 2. The maximum Gasteiger partial charge on any atom is 0.416 e. The molecule has 0 amide bonds. The molecule has 3 rings (SSSR count). The fourth-order valence-electron chi connectivity index (χ4n) is 2.67. The van der Waals surface area contributed by atoms with Gasteiger partial charge in [0, 0.05) is 0 Å². The summed E-state index contributed by atoms with van der Waals surface area (Å²) < 4.78 is 63.8. The third-order valence-corrected chi connectivity index (χ3v) is 6.89. The minimum Gasteiger partial charge on any atom is -0.338 e. The van der Waals surface area contributed by atoms with E-state index in [4.69, 9.17) is 11.6 Å². The van der Waals surface area contributed by atoms with Gasteiger partial charge < -0.3 is 5.32 Å². The van der Waals surface area contributed by atoms with Crippen molar-refractivity contribution >= 4 is 45.1 Å². The molecule has 0 aliphatic carbocycles. The second kappa shape index (κ2) is 9.75. The maximum absolute atomic E-state index is 12.8. The van der Waals surface area contributed by atoms with E-state index in [0.29, 0.717) is 0 Å². The summed E-state index contributed by atoms with van der Waals surface area (Å²) in [5.41, 5.74) is 2.22. The number of halogens is 4. The highest BCUT2D eigenvalue weighted by molar-refractivity contribution is 7.92. The van der Waals surface area contributed by atoms with Crippen LogP contribution in [0.4, 0.5) is 30.6 Å². The van der Waals surface area contributed by atoms with Crippen LogP contribution in [0.1, 0.15) is 25.0 Å². The topological polar surface area (TPSA) is 96.3 Å². The van der Waals surface area contributed by atoms with Crippen LogP contribution in [0.3, 0.4) is 0 Å². The molecule has 1 heterocycles. The fraction of sp³-hybridized carbons (Fsp3) is 0.190. The van der Waals surface area contributed by atoms with E-state index < -0.39 is 26.8 Å². The van der Waals surface area contributed by atoms with Crippen LogP contribution in [-0.2, 0) is 16.0 Å². The van der Waals surface area contributed by atoms with Crippen molar-refractivity contribution in [1.82, 2.24) is 9.97 Å². The Morgan fingerprint density at radius 3 is 2.55 bits per heavy atom. The monoisotopic (exact) mass is 497 g/mol. The zero-order chi connectivity index (χ0) is 24.2. The minimum atomic E-state index is -4.46. The molecule has 0 spiro atoms. The van der Waals surface area contributed by atoms with Crippen molar-refractivity contribution in [3.63, 3.8) is 0 Å². The predicted molar refractivity (Wildman–Crippen MR) is 122 cm³/mol. The molecule has 2 N–H and O–H groups in total. The van der Waals surface area contributed by atoms with Gasteiger partial charge >= 0.3 is 6.18 Å².